The third-order valence-corrected chi connectivity index (χ3v) is 5.45. The van der Waals surface area contributed by atoms with Gasteiger partial charge in [-0.1, -0.05) is 17.2 Å². The number of halogens is 2. The molecule has 28 heavy (non-hydrogen) atoms. The monoisotopic (exact) mass is 407 g/mol. The Labute approximate surface area is 168 Å². The second-order valence-corrected chi connectivity index (χ2v) is 7.88. The van der Waals surface area contributed by atoms with E-state index in [1.54, 1.807) is 20.8 Å². The van der Waals surface area contributed by atoms with Crippen LogP contribution in [0.25, 0.3) is 0 Å². The summed E-state index contributed by atoms with van der Waals surface area (Å²) in [6.45, 7) is 5.13. The van der Waals surface area contributed by atoms with E-state index in [9.17, 15) is 18.8 Å². The lowest BCUT2D eigenvalue weighted by molar-refractivity contribution is -0.123. The summed E-state index contributed by atoms with van der Waals surface area (Å²) in [5, 5.41) is 5.93. The molecule has 0 bridgehead atoms. The molecule has 2 fully saturated rings. The molecule has 1 saturated heterocycles. The lowest BCUT2D eigenvalue weighted by atomic mass is 9.93. The van der Waals surface area contributed by atoms with Crippen LogP contribution >= 0.6 is 11.6 Å². The Kier molecular flexibility index (Phi) is 5.74. The predicted molar refractivity (Wildman–Crippen MR) is 106 cm³/mol. The van der Waals surface area contributed by atoms with E-state index in [-0.39, 0.29) is 34.8 Å². The first-order valence-corrected chi connectivity index (χ1v) is 9.66. The Hall–Kier alpha value is -2.41. The SMILES string of the molecule is CC(C)=C1CC(=O)N(c2cc(NC(C)C(=O)NC3CCC3)c(Cl)cc2F)C1=O. The maximum absolute atomic E-state index is 14.5. The van der Waals surface area contributed by atoms with Gasteiger partial charge in [0.25, 0.3) is 5.91 Å². The summed E-state index contributed by atoms with van der Waals surface area (Å²) in [5.74, 6) is -2.00. The lowest BCUT2D eigenvalue weighted by Crippen LogP contribution is -2.46. The Morgan fingerprint density at radius 3 is 2.50 bits per heavy atom. The number of imide groups is 1. The molecule has 1 aromatic carbocycles. The number of carbonyl (C=O) groups is 3. The van der Waals surface area contributed by atoms with Crippen molar-refractivity contribution in [3.63, 3.8) is 0 Å². The molecule has 1 unspecified atom stereocenters. The molecule has 0 spiro atoms. The van der Waals surface area contributed by atoms with Gasteiger partial charge in [0.15, 0.2) is 0 Å². The zero-order valence-electron chi connectivity index (χ0n) is 16.1. The number of carbonyl (C=O) groups excluding carboxylic acids is 3. The molecule has 1 saturated carbocycles. The zero-order valence-corrected chi connectivity index (χ0v) is 16.8. The third-order valence-electron chi connectivity index (χ3n) is 5.14. The predicted octanol–water partition coefficient (Wildman–Crippen LogP) is 3.55. The quantitative estimate of drug-likeness (QED) is 0.578. The second kappa shape index (κ2) is 7.91. The van der Waals surface area contributed by atoms with Gasteiger partial charge in [-0.05, 0) is 52.2 Å². The highest BCUT2D eigenvalue weighted by molar-refractivity contribution is 6.34. The molecular weight excluding hydrogens is 385 g/mol. The first-order chi connectivity index (χ1) is 13.2. The van der Waals surface area contributed by atoms with E-state index in [0.717, 1.165) is 35.8 Å². The minimum atomic E-state index is -0.779. The zero-order chi connectivity index (χ0) is 20.6. The summed E-state index contributed by atoms with van der Waals surface area (Å²) in [5.41, 5.74) is 1.18. The van der Waals surface area contributed by atoms with E-state index >= 15 is 0 Å². The maximum atomic E-state index is 14.5. The van der Waals surface area contributed by atoms with Crippen LogP contribution in [-0.2, 0) is 14.4 Å². The number of rotatable bonds is 5. The number of hydrogen-bond acceptors (Lipinski definition) is 4. The fourth-order valence-electron chi connectivity index (χ4n) is 3.19. The molecule has 8 heteroatoms. The van der Waals surface area contributed by atoms with E-state index in [1.165, 1.54) is 6.07 Å². The van der Waals surface area contributed by atoms with Crippen LogP contribution in [0, 0.1) is 5.82 Å². The minimum Gasteiger partial charge on any atom is -0.373 e. The molecular formula is C20H23ClFN3O3. The Bertz CT molecular complexity index is 876. The molecule has 1 atom stereocenters. The summed E-state index contributed by atoms with van der Waals surface area (Å²) in [6.07, 6.45) is 2.97. The van der Waals surface area contributed by atoms with Crippen molar-refractivity contribution in [1.82, 2.24) is 5.32 Å². The van der Waals surface area contributed by atoms with Crippen LogP contribution in [0.3, 0.4) is 0 Å². The van der Waals surface area contributed by atoms with Crippen LogP contribution in [0.4, 0.5) is 15.8 Å². The van der Waals surface area contributed by atoms with E-state index in [0.29, 0.717) is 5.57 Å². The van der Waals surface area contributed by atoms with Crippen LogP contribution < -0.4 is 15.5 Å². The number of allylic oxidation sites excluding steroid dienone is 1. The van der Waals surface area contributed by atoms with Crippen molar-refractivity contribution in [2.75, 3.05) is 10.2 Å². The number of nitrogens with one attached hydrogen (secondary N) is 2. The largest absolute Gasteiger partial charge is 0.373 e. The maximum Gasteiger partial charge on any atom is 0.261 e. The van der Waals surface area contributed by atoms with Crippen molar-refractivity contribution in [2.24, 2.45) is 0 Å². The Morgan fingerprint density at radius 1 is 1.29 bits per heavy atom. The highest BCUT2D eigenvalue weighted by Gasteiger charge is 2.37. The number of amides is 3. The van der Waals surface area contributed by atoms with E-state index in [4.69, 9.17) is 11.6 Å². The molecule has 2 N–H and O–H groups in total. The molecule has 3 amide bonds. The van der Waals surface area contributed by atoms with E-state index in [1.807, 2.05) is 0 Å². The summed E-state index contributed by atoms with van der Waals surface area (Å²) in [7, 11) is 0. The summed E-state index contributed by atoms with van der Waals surface area (Å²) in [6, 6.07) is 1.92. The molecule has 0 aromatic heterocycles. The van der Waals surface area contributed by atoms with Crippen molar-refractivity contribution in [2.45, 2.75) is 58.5 Å². The molecule has 0 radical (unpaired) electrons. The first-order valence-electron chi connectivity index (χ1n) is 9.28. The molecule has 150 valence electrons. The Morgan fingerprint density at radius 2 is 1.96 bits per heavy atom. The molecule has 2 aliphatic rings. The van der Waals surface area contributed by atoms with Gasteiger partial charge in [0.05, 0.1) is 22.8 Å². The van der Waals surface area contributed by atoms with Crippen LogP contribution in [0.15, 0.2) is 23.3 Å². The summed E-state index contributed by atoms with van der Waals surface area (Å²) >= 11 is 6.12. The van der Waals surface area contributed by atoms with Gasteiger partial charge in [0, 0.05) is 11.6 Å². The van der Waals surface area contributed by atoms with Gasteiger partial charge in [-0.15, -0.1) is 0 Å². The molecule has 1 aliphatic carbocycles. The van der Waals surface area contributed by atoms with Crippen molar-refractivity contribution >= 4 is 40.7 Å². The van der Waals surface area contributed by atoms with Crippen LogP contribution in [0.1, 0.15) is 46.5 Å². The number of nitrogens with zero attached hydrogens (tertiary/aromatic N) is 1. The smallest absolute Gasteiger partial charge is 0.261 e. The average molecular weight is 408 g/mol. The van der Waals surface area contributed by atoms with Crippen LogP contribution in [0.5, 0.6) is 0 Å². The van der Waals surface area contributed by atoms with Gasteiger partial charge in [-0.25, -0.2) is 9.29 Å². The van der Waals surface area contributed by atoms with Crippen molar-refractivity contribution in [3.8, 4) is 0 Å². The van der Waals surface area contributed by atoms with Gasteiger partial charge in [0.1, 0.15) is 11.9 Å². The van der Waals surface area contributed by atoms with Crippen molar-refractivity contribution in [1.29, 1.82) is 0 Å². The fraction of sp³-hybridized carbons (Fsp3) is 0.450. The number of anilines is 2. The molecule has 3 rings (SSSR count). The second-order valence-electron chi connectivity index (χ2n) is 7.48. The van der Waals surface area contributed by atoms with Crippen LogP contribution in [-0.4, -0.2) is 29.8 Å². The topological polar surface area (TPSA) is 78.5 Å². The summed E-state index contributed by atoms with van der Waals surface area (Å²) < 4.78 is 14.5. The van der Waals surface area contributed by atoms with E-state index < -0.39 is 23.7 Å². The average Bonchev–Trinajstić information content (AvgIpc) is 2.88. The molecule has 1 heterocycles. The molecule has 1 aliphatic heterocycles. The van der Waals surface area contributed by atoms with Gasteiger partial charge in [-0.3, -0.25) is 14.4 Å². The highest BCUT2D eigenvalue weighted by Crippen LogP contribution is 2.35. The number of hydrogen-bond donors (Lipinski definition) is 2. The minimum absolute atomic E-state index is 0.0612. The Balaban J connectivity index is 1.84. The first kappa shape index (κ1) is 20.3. The van der Waals surface area contributed by atoms with E-state index in [2.05, 4.69) is 10.6 Å². The third kappa shape index (κ3) is 3.90. The van der Waals surface area contributed by atoms with Gasteiger partial charge >= 0.3 is 0 Å². The van der Waals surface area contributed by atoms with Gasteiger partial charge < -0.3 is 10.6 Å². The van der Waals surface area contributed by atoms with Crippen molar-refractivity contribution < 1.29 is 18.8 Å². The van der Waals surface area contributed by atoms with Gasteiger partial charge in [0.2, 0.25) is 11.8 Å². The number of benzene rings is 1. The highest BCUT2D eigenvalue weighted by atomic mass is 35.5. The van der Waals surface area contributed by atoms with Crippen molar-refractivity contribution in [3.05, 3.63) is 34.1 Å². The summed E-state index contributed by atoms with van der Waals surface area (Å²) in [4.78, 5) is 38.0. The fourth-order valence-corrected chi connectivity index (χ4v) is 3.39. The van der Waals surface area contributed by atoms with Gasteiger partial charge in [-0.2, -0.15) is 0 Å². The standard InChI is InChI=1S/C20H23ClFN3O3/c1-10(2)13-7-18(26)25(20(13)28)17-9-16(14(21)8-15(17)22)23-11(3)19(27)24-12-5-4-6-12/h8-9,11-12,23H,4-7H2,1-3H3,(H,24,27). The normalized spacial score (nSPS) is 18.2. The molecule has 1 aromatic rings. The van der Waals surface area contributed by atoms with Crippen LogP contribution in [0.2, 0.25) is 5.02 Å². The molecule has 6 nitrogen and oxygen atoms in total. The lowest BCUT2D eigenvalue weighted by Gasteiger charge is -2.28.